The average Bonchev–Trinajstić information content (AvgIpc) is 2.14. The van der Waals surface area contributed by atoms with E-state index in [-0.39, 0.29) is 5.69 Å². The van der Waals surface area contributed by atoms with E-state index in [1.54, 1.807) is 19.1 Å². The smallest absolute Gasteiger partial charge is 0.354 e. The number of hydrogen-bond donors (Lipinski definition) is 1. The van der Waals surface area contributed by atoms with Gasteiger partial charge < -0.3 is 5.11 Å². The second-order valence-corrected chi connectivity index (χ2v) is 2.56. The molecule has 1 aromatic rings. The topological polar surface area (TPSA) is 74.0 Å². The van der Waals surface area contributed by atoms with Crippen molar-refractivity contribution in [2.45, 2.75) is 6.92 Å². The second kappa shape index (κ2) is 4.06. The summed E-state index contributed by atoms with van der Waals surface area (Å²) in [6, 6.07) is 3.25. The van der Waals surface area contributed by atoms with Gasteiger partial charge in [-0.1, -0.05) is 0 Å². The number of carbonyl (C=O) groups is 1. The molecule has 0 bridgehead atoms. The molecule has 0 spiro atoms. The van der Waals surface area contributed by atoms with Crippen LogP contribution in [0.15, 0.2) is 12.3 Å². The van der Waals surface area contributed by atoms with Crippen molar-refractivity contribution in [2.24, 2.45) is 0 Å². The third-order valence-corrected chi connectivity index (χ3v) is 1.54. The van der Waals surface area contributed by atoms with Crippen molar-refractivity contribution in [3.63, 3.8) is 0 Å². The van der Waals surface area contributed by atoms with Crippen LogP contribution in [0.3, 0.4) is 0 Å². The van der Waals surface area contributed by atoms with Crippen LogP contribution in [0.5, 0.6) is 0 Å². The Morgan fingerprint density at radius 3 is 2.86 bits per heavy atom. The van der Waals surface area contributed by atoms with E-state index in [1.807, 2.05) is 0 Å². The molecule has 0 amide bonds. The predicted octanol–water partition coefficient (Wildman–Crippen LogP) is 0.963. The second-order valence-electron chi connectivity index (χ2n) is 2.56. The van der Waals surface area contributed by atoms with Crippen molar-refractivity contribution < 1.29 is 9.90 Å². The molecule has 1 rings (SSSR count). The molecule has 0 saturated carbocycles. The van der Waals surface area contributed by atoms with Crippen LogP contribution in [0.25, 0.3) is 0 Å². The molecule has 0 aliphatic carbocycles. The van der Waals surface area contributed by atoms with Crippen molar-refractivity contribution in [1.29, 1.82) is 5.26 Å². The Hall–Kier alpha value is -2.33. The fourth-order valence-corrected chi connectivity index (χ4v) is 0.967. The van der Waals surface area contributed by atoms with Crippen LogP contribution in [0.2, 0.25) is 0 Å². The van der Waals surface area contributed by atoms with Crippen molar-refractivity contribution in [3.05, 3.63) is 29.1 Å². The molecule has 0 aliphatic rings. The molecule has 0 saturated heterocycles. The number of aromatic nitrogens is 1. The first kappa shape index (κ1) is 9.76. The molecule has 1 aromatic heterocycles. The van der Waals surface area contributed by atoms with E-state index in [4.69, 9.17) is 10.4 Å². The standard InChI is InChI=1S/C10H6N2O2/c1-7-5-8(3-2-4-11)6-12-9(7)10(13)14/h5-6H,1H3,(H,13,14). The number of pyridine rings is 1. The average molecular weight is 186 g/mol. The highest BCUT2D eigenvalue weighted by atomic mass is 16.4. The van der Waals surface area contributed by atoms with Crippen LogP contribution < -0.4 is 0 Å². The minimum atomic E-state index is -1.07. The Morgan fingerprint density at radius 2 is 2.36 bits per heavy atom. The lowest BCUT2D eigenvalue weighted by Crippen LogP contribution is -2.03. The lowest BCUT2D eigenvalue weighted by molar-refractivity contribution is 0.0689. The van der Waals surface area contributed by atoms with Gasteiger partial charge in [0.15, 0.2) is 11.8 Å². The van der Waals surface area contributed by atoms with E-state index in [1.165, 1.54) is 6.20 Å². The maximum atomic E-state index is 10.6. The Morgan fingerprint density at radius 1 is 1.64 bits per heavy atom. The van der Waals surface area contributed by atoms with Crippen LogP contribution >= 0.6 is 0 Å². The van der Waals surface area contributed by atoms with Gasteiger partial charge in [-0.3, -0.25) is 0 Å². The molecule has 0 aliphatic heterocycles. The Kier molecular flexibility index (Phi) is 2.83. The number of aryl methyl sites for hydroxylation is 1. The highest BCUT2D eigenvalue weighted by Gasteiger charge is 2.07. The van der Waals surface area contributed by atoms with E-state index in [0.717, 1.165) is 0 Å². The minimum absolute atomic E-state index is 0.00695. The molecule has 4 heteroatoms. The maximum absolute atomic E-state index is 10.6. The Balaban J connectivity index is 3.14. The zero-order valence-electron chi connectivity index (χ0n) is 7.40. The first-order valence-electron chi connectivity index (χ1n) is 3.75. The number of rotatable bonds is 1. The van der Waals surface area contributed by atoms with E-state index < -0.39 is 5.97 Å². The van der Waals surface area contributed by atoms with Crippen LogP contribution in [-0.2, 0) is 0 Å². The van der Waals surface area contributed by atoms with Crippen molar-refractivity contribution in [1.82, 2.24) is 4.98 Å². The molecule has 0 radical (unpaired) electrons. The first-order chi connectivity index (χ1) is 6.65. The SMILES string of the molecule is Cc1cc(C#CC#N)cnc1C(=O)O. The summed E-state index contributed by atoms with van der Waals surface area (Å²) < 4.78 is 0. The summed E-state index contributed by atoms with van der Waals surface area (Å²) in [5, 5.41) is 16.9. The summed E-state index contributed by atoms with van der Waals surface area (Å²) in [5.41, 5.74) is 1.07. The summed E-state index contributed by atoms with van der Waals surface area (Å²) in [6.45, 7) is 1.63. The molecule has 0 fully saturated rings. The summed E-state index contributed by atoms with van der Waals surface area (Å²) in [6.07, 6.45) is 1.33. The van der Waals surface area contributed by atoms with E-state index in [9.17, 15) is 4.79 Å². The Bertz CT molecular complexity index is 475. The third kappa shape index (κ3) is 2.09. The summed E-state index contributed by atoms with van der Waals surface area (Å²) in [5.74, 6) is 3.68. The van der Waals surface area contributed by atoms with Gasteiger partial charge in [0.25, 0.3) is 0 Å². The maximum Gasteiger partial charge on any atom is 0.354 e. The molecule has 1 N–H and O–H groups in total. The number of hydrogen-bond acceptors (Lipinski definition) is 3. The molecule has 0 aromatic carbocycles. The molecule has 4 nitrogen and oxygen atoms in total. The molecular weight excluding hydrogens is 180 g/mol. The van der Waals surface area contributed by atoms with E-state index in [2.05, 4.69) is 16.8 Å². The van der Waals surface area contributed by atoms with Gasteiger partial charge in [-0.2, -0.15) is 5.26 Å². The van der Waals surface area contributed by atoms with Crippen LogP contribution in [0.4, 0.5) is 0 Å². The molecular formula is C10H6N2O2. The summed E-state index contributed by atoms with van der Waals surface area (Å²) in [7, 11) is 0. The van der Waals surface area contributed by atoms with E-state index >= 15 is 0 Å². The summed E-state index contributed by atoms with van der Waals surface area (Å²) >= 11 is 0. The normalized spacial score (nSPS) is 8.29. The van der Waals surface area contributed by atoms with Gasteiger partial charge in [0.1, 0.15) is 0 Å². The minimum Gasteiger partial charge on any atom is -0.477 e. The fourth-order valence-electron chi connectivity index (χ4n) is 0.967. The quantitative estimate of drug-likeness (QED) is 0.663. The lowest BCUT2D eigenvalue weighted by Gasteiger charge is -1.98. The van der Waals surface area contributed by atoms with Crippen molar-refractivity contribution in [2.75, 3.05) is 0 Å². The summed E-state index contributed by atoms with van der Waals surface area (Å²) in [4.78, 5) is 14.3. The number of nitrogens with zero attached hydrogens (tertiary/aromatic N) is 2. The largest absolute Gasteiger partial charge is 0.477 e. The highest BCUT2D eigenvalue weighted by molar-refractivity contribution is 5.87. The molecule has 0 atom stereocenters. The lowest BCUT2D eigenvalue weighted by atomic mass is 10.1. The Labute approximate surface area is 80.8 Å². The van der Waals surface area contributed by atoms with Gasteiger partial charge >= 0.3 is 5.97 Å². The number of nitriles is 1. The number of carboxylic acids is 1. The van der Waals surface area contributed by atoms with Gasteiger partial charge in [0.05, 0.1) is 0 Å². The van der Waals surface area contributed by atoms with Gasteiger partial charge in [-0.15, -0.1) is 0 Å². The first-order valence-corrected chi connectivity index (χ1v) is 3.75. The predicted molar refractivity (Wildman–Crippen MR) is 48.4 cm³/mol. The van der Waals surface area contributed by atoms with Crippen molar-refractivity contribution >= 4 is 5.97 Å². The van der Waals surface area contributed by atoms with Crippen LogP contribution in [0, 0.1) is 30.1 Å². The highest BCUT2D eigenvalue weighted by Crippen LogP contribution is 2.06. The zero-order chi connectivity index (χ0) is 10.6. The van der Waals surface area contributed by atoms with Crippen molar-refractivity contribution in [3.8, 4) is 17.9 Å². The molecule has 0 unspecified atom stereocenters. The monoisotopic (exact) mass is 186 g/mol. The van der Waals surface area contributed by atoms with Gasteiger partial charge in [0, 0.05) is 17.7 Å². The zero-order valence-corrected chi connectivity index (χ0v) is 7.40. The van der Waals surface area contributed by atoms with Gasteiger partial charge in [-0.05, 0) is 24.5 Å². The fraction of sp³-hybridized carbons (Fsp3) is 0.100. The van der Waals surface area contributed by atoms with Gasteiger partial charge in [-0.25, -0.2) is 9.78 Å². The molecule has 14 heavy (non-hydrogen) atoms. The van der Waals surface area contributed by atoms with Crippen LogP contribution in [-0.4, -0.2) is 16.1 Å². The molecule has 1 heterocycles. The molecule has 68 valence electrons. The van der Waals surface area contributed by atoms with E-state index in [0.29, 0.717) is 11.1 Å². The number of aromatic carboxylic acids is 1. The number of carboxylic acid groups (broad SMARTS) is 1. The third-order valence-electron chi connectivity index (χ3n) is 1.54. The van der Waals surface area contributed by atoms with Crippen LogP contribution in [0.1, 0.15) is 21.6 Å². The van der Waals surface area contributed by atoms with Gasteiger partial charge in [0.2, 0.25) is 0 Å².